The summed E-state index contributed by atoms with van der Waals surface area (Å²) < 4.78 is 13.3. The molecule has 3 aromatic rings. The summed E-state index contributed by atoms with van der Waals surface area (Å²) in [5.41, 5.74) is 5.24. The van der Waals surface area contributed by atoms with Crippen molar-refractivity contribution in [2.75, 3.05) is 6.61 Å². The molecule has 0 fully saturated rings. The summed E-state index contributed by atoms with van der Waals surface area (Å²) in [6.45, 7) is 8.46. The van der Waals surface area contributed by atoms with Gasteiger partial charge >= 0.3 is 0 Å². The third kappa shape index (κ3) is 4.08. The molecule has 1 heterocycles. The normalized spacial score (nSPS) is 10.8. The van der Waals surface area contributed by atoms with Gasteiger partial charge in [0, 0.05) is 24.2 Å². The smallest absolute Gasteiger partial charge is 0.276 e. The van der Waals surface area contributed by atoms with E-state index in [4.69, 9.17) is 9.47 Å². The van der Waals surface area contributed by atoms with Crippen molar-refractivity contribution in [3.8, 4) is 22.9 Å². The molecule has 0 atom stereocenters. The van der Waals surface area contributed by atoms with Crippen LogP contribution in [-0.4, -0.2) is 21.3 Å². The number of nitro groups is 1. The Labute approximate surface area is 170 Å². The Kier molecular flexibility index (Phi) is 5.87. The van der Waals surface area contributed by atoms with Crippen LogP contribution in [0.4, 0.5) is 5.69 Å². The molecule has 0 radical (unpaired) electrons. The minimum atomic E-state index is -0.374. The molecular weight excluding hydrogens is 370 g/mol. The fourth-order valence-electron chi connectivity index (χ4n) is 3.38. The van der Waals surface area contributed by atoms with Gasteiger partial charge in [0.05, 0.1) is 22.8 Å². The van der Waals surface area contributed by atoms with Gasteiger partial charge in [-0.2, -0.15) is 5.10 Å². The van der Waals surface area contributed by atoms with E-state index < -0.39 is 0 Å². The highest BCUT2D eigenvalue weighted by molar-refractivity contribution is 5.67. The zero-order valence-corrected chi connectivity index (χ0v) is 17.4. The lowest BCUT2D eigenvalue weighted by Crippen LogP contribution is -2.03. The molecule has 3 rings (SSSR count). The molecule has 1 aromatic heterocycles. The molecule has 0 aliphatic carbocycles. The Morgan fingerprint density at radius 2 is 1.86 bits per heavy atom. The summed E-state index contributed by atoms with van der Waals surface area (Å²) in [6.07, 6.45) is 0. The van der Waals surface area contributed by atoms with E-state index in [1.54, 1.807) is 10.7 Å². The van der Waals surface area contributed by atoms with E-state index in [1.807, 2.05) is 59.0 Å². The molecule has 2 aromatic carbocycles. The minimum Gasteiger partial charge on any atom is -0.488 e. The van der Waals surface area contributed by atoms with E-state index in [-0.39, 0.29) is 17.2 Å². The van der Waals surface area contributed by atoms with Crippen LogP contribution in [0.2, 0.25) is 0 Å². The summed E-state index contributed by atoms with van der Waals surface area (Å²) in [7, 11) is 1.86. The van der Waals surface area contributed by atoms with Crippen LogP contribution in [0, 0.1) is 30.9 Å². The summed E-state index contributed by atoms with van der Waals surface area (Å²) in [5, 5.41) is 15.9. The number of hydrogen-bond acceptors (Lipinski definition) is 5. The van der Waals surface area contributed by atoms with Gasteiger partial charge in [-0.1, -0.05) is 12.1 Å². The lowest BCUT2D eigenvalue weighted by Gasteiger charge is -2.12. The minimum absolute atomic E-state index is 0.0758. The number of ether oxygens (including phenoxy) is 2. The van der Waals surface area contributed by atoms with E-state index in [1.165, 1.54) is 6.07 Å². The van der Waals surface area contributed by atoms with Gasteiger partial charge in [0.25, 0.3) is 5.69 Å². The predicted molar refractivity (Wildman–Crippen MR) is 111 cm³/mol. The molecule has 0 spiro atoms. The molecule has 0 amide bonds. The summed E-state index contributed by atoms with van der Waals surface area (Å²) in [4.78, 5) is 10.9. The van der Waals surface area contributed by atoms with Crippen molar-refractivity contribution in [3.63, 3.8) is 0 Å². The molecule has 7 heteroatoms. The van der Waals surface area contributed by atoms with Gasteiger partial charge in [-0.05, 0) is 57.0 Å². The Morgan fingerprint density at radius 3 is 2.52 bits per heavy atom. The molecule has 0 N–H and O–H groups in total. The maximum absolute atomic E-state index is 11.3. The van der Waals surface area contributed by atoms with Gasteiger partial charge in [0.15, 0.2) is 0 Å². The first-order valence-electron chi connectivity index (χ1n) is 9.46. The Bertz CT molecular complexity index is 1060. The van der Waals surface area contributed by atoms with E-state index in [9.17, 15) is 10.1 Å². The second kappa shape index (κ2) is 8.34. The van der Waals surface area contributed by atoms with Crippen LogP contribution in [0.25, 0.3) is 11.3 Å². The topological polar surface area (TPSA) is 79.4 Å². The zero-order chi connectivity index (χ0) is 21.1. The highest BCUT2D eigenvalue weighted by Gasteiger charge is 2.18. The first-order chi connectivity index (χ1) is 13.8. The molecule has 0 aliphatic heterocycles. The Balaban J connectivity index is 1.85. The summed E-state index contributed by atoms with van der Waals surface area (Å²) >= 11 is 0. The third-order valence-corrected chi connectivity index (χ3v) is 4.90. The highest BCUT2D eigenvalue weighted by atomic mass is 16.6. The fourth-order valence-corrected chi connectivity index (χ4v) is 3.38. The Morgan fingerprint density at radius 1 is 1.10 bits per heavy atom. The van der Waals surface area contributed by atoms with Crippen LogP contribution < -0.4 is 9.47 Å². The first-order valence-corrected chi connectivity index (χ1v) is 9.46. The van der Waals surface area contributed by atoms with E-state index in [0.29, 0.717) is 17.9 Å². The second-order valence-electron chi connectivity index (χ2n) is 6.93. The van der Waals surface area contributed by atoms with Crippen LogP contribution >= 0.6 is 0 Å². The molecule has 0 bridgehead atoms. The molecule has 0 aliphatic rings. The molecule has 29 heavy (non-hydrogen) atoms. The van der Waals surface area contributed by atoms with Gasteiger partial charge in [0.1, 0.15) is 12.4 Å². The first kappa shape index (κ1) is 20.4. The summed E-state index contributed by atoms with van der Waals surface area (Å²) in [6, 6.07) is 10.9. The number of nitrogens with zero attached hydrogens (tertiary/aromatic N) is 3. The van der Waals surface area contributed by atoms with Crippen LogP contribution in [-0.2, 0) is 13.7 Å². The van der Waals surface area contributed by atoms with Crippen LogP contribution in [0.3, 0.4) is 0 Å². The van der Waals surface area contributed by atoms with Gasteiger partial charge in [-0.25, -0.2) is 4.68 Å². The number of aromatic nitrogens is 2. The van der Waals surface area contributed by atoms with Gasteiger partial charge in [0.2, 0.25) is 5.88 Å². The Hall–Kier alpha value is -3.35. The maximum Gasteiger partial charge on any atom is 0.276 e. The molecule has 0 saturated heterocycles. The van der Waals surface area contributed by atoms with Gasteiger partial charge in [-0.3, -0.25) is 10.1 Å². The van der Waals surface area contributed by atoms with Crippen molar-refractivity contribution in [1.82, 2.24) is 9.78 Å². The SMILES string of the molecule is CCOc1c(C)c(-c2ccc(OCc3c(C)cccc3[N+](=O)[O-])c(C)c2)nn1C. The number of aryl methyl sites for hydroxylation is 3. The number of rotatable bonds is 7. The van der Waals surface area contributed by atoms with Gasteiger partial charge in [-0.15, -0.1) is 0 Å². The van der Waals surface area contributed by atoms with Crippen molar-refractivity contribution in [1.29, 1.82) is 0 Å². The summed E-state index contributed by atoms with van der Waals surface area (Å²) in [5.74, 6) is 1.44. The maximum atomic E-state index is 11.3. The van der Waals surface area contributed by atoms with E-state index in [2.05, 4.69) is 5.10 Å². The molecule has 0 unspecified atom stereocenters. The van der Waals surface area contributed by atoms with Crippen molar-refractivity contribution in [3.05, 3.63) is 68.8 Å². The average molecular weight is 395 g/mol. The highest BCUT2D eigenvalue weighted by Crippen LogP contribution is 2.32. The average Bonchev–Trinajstić information content (AvgIpc) is 2.96. The van der Waals surface area contributed by atoms with Crippen molar-refractivity contribution in [2.45, 2.75) is 34.3 Å². The van der Waals surface area contributed by atoms with Crippen molar-refractivity contribution in [2.24, 2.45) is 7.05 Å². The van der Waals surface area contributed by atoms with Gasteiger partial charge < -0.3 is 9.47 Å². The number of benzene rings is 2. The fraction of sp³-hybridized carbons (Fsp3) is 0.318. The lowest BCUT2D eigenvalue weighted by molar-refractivity contribution is -0.385. The largest absolute Gasteiger partial charge is 0.488 e. The standard InChI is InChI=1S/C22H25N3O4/c1-6-28-22-16(4)21(23-24(22)5)17-10-11-20(15(3)12-17)29-13-18-14(2)8-7-9-19(18)25(26)27/h7-12H,6,13H2,1-5H3. The molecule has 0 saturated carbocycles. The van der Waals surface area contributed by atoms with Crippen LogP contribution in [0.15, 0.2) is 36.4 Å². The van der Waals surface area contributed by atoms with Crippen LogP contribution in [0.5, 0.6) is 11.6 Å². The lowest BCUT2D eigenvalue weighted by atomic mass is 10.1. The van der Waals surface area contributed by atoms with E-state index in [0.717, 1.165) is 33.8 Å². The second-order valence-corrected chi connectivity index (χ2v) is 6.93. The van der Waals surface area contributed by atoms with Crippen molar-refractivity contribution < 1.29 is 14.4 Å². The predicted octanol–water partition coefficient (Wildman–Crippen LogP) is 4.90. The molecule has 152 valence electrons. The number of nitro benzene ring substituents is 1. The molecule has 7 nitrogen and oxygen atoms in total. The third-order valence-electron chi connectivity index (χ3n) is 4.90. The zero-order valence-electron chi connectivity index (χ0n) is 17.4. The van der Waals surface area contributed by atoms with E-state index >= 15 is 0 Å². The number of hydrogen-bond donors (Lipinski definition) is 0. The quantitative estimate of drug-likeness (QED) is 0.420. The molecular formula is C22H25N3O4. The monoisotopic (exact) mass is 395 g/mol. The van der Waals surface area contributed by atoms with Crippen LogP contribution in [0.1, 0.15) is 29.2 Å². The van der Waals surface area contributed by atoms with Crippen molar-refractivity contribution >= 4 is 5.69 Å².